The van der Waals surface area contributed by atoms with Gasteiger partial charge in [0, 0.05) is 18.7 Å². The van der Waals surface area contributed by atoms with E-state index in [1.54, 1.807) is 30.8 Å². The summed E-state index contributed by atoms with van der Waals surface area (Å²) in [5.41, 5.74) is 2.38. The zero-order chi connectivity index (χ0) is 21.2. The number of alkyl halides is 2. The Kier molecular flexibility index (Phi) is 6.13. The lowest BCUT2D eigenvalue weighted by Gasteiger charge is -2.28. The SMILES string of the molecule is Cc1ncsc1COc1ccn2nc(C)c(C(=O)NC(C)(CO)CC(F)F)c2c1. The number of halogens is 2. The first-order valence-corrected chi connectivity index (χ1v) is 9.82. The highest BCUT2D eigenvalue weighted by Crippen LogP contribution is 2.24. The molecule has 0 aliphatic rings. The minimum atomic E-state index is -2.66. The highest BCUT2D eigenvalue weighted by Gasteiger charge is 2.31. The Balaban J connectivity index is 1.86. The van der Waals surface area contributed by atoms with Gasteiger partial charge >= 0.3 is 0 Å². The average molecular weight is 424 g/mol. The molecule has 0 aromatic carbocycles. The maximum atomic E-state index is 12.8. The Morgan fingerprint density at radius 2 is 2.17 bits per heavy atom. The zero-order valence-corrected chi connectivity index (χ0v) is 17.1. The fourth-order valence-electron chi connectivity index (χ4n) is 2.96. The van der Waals surface area contributed by atoms with Gasteiger partial charge in [-0.1, -0.05) is 0 Å². The van der Waals surface area contributed by atoms with E-state index in [1.165, 1.54) is 22.8 Å². The monoisotopic (exact) mass is 424 g/mol. The van der Waals surface area contributed by atoms with Crippen molar-refractivity contribution in [3.8, 4) is 5.75 Å². The first kappa shape index (κ1) is 21.1. The number of carbonyl (C=O) groups is 1. The molecule has 0 aliphatic carbocycles. The molecule has 1 amide bonds. The standard InChI is InChI=1S/C19H22F2N4O3S/c1-11-15(29-10-22-11)8-28-13-4-5-25-14(6-13)17(12(2)24-25)18(27)23-19(3,9-26)7-16(20)21/h4-6,10,16,26H,7-9H2,1-3H3,(H,23,27). The van der Waals surface area contributed by atoms with Crippen molar-refractivity contribution in [2.24, 2.45) is 0 Å². The van der Waals surface area contributed by atoms with Crippen molar-refractivity contribution >= 4 is 22.8 Å². The van der Waals surface area contributed by atoms with Crippen LogP contribution in [0.4, 0.5) is 8.78 Å². The van der Waals surface area contributed by atoms with Crippen molar-refractivity contribution in [2.75, 3.05) is 6.61 Å². The molecule has 1 atom stereocenters. The summed E-state index contributed by atoms with van der Waals surface area (Å²) in [5, 5.41) is 16.3. The van der Waals surface area contributed by atoms with Gasteiger partial charge in [0.2, 0.25) is 6.43 Å². The first-order valence-electron chi connectivity index (χ1n) is 8.94. The first-order chi connectivity index (χ1) is 13.7. The number of hydrogen-bond acceptors (Lipinski definition) is 6. The zero-order valence-electron chi connectivity index (χ0n) is 16.3. The number of fused-ring (bicyclic) bond motifs is 1. The van der Waals surface area contributed by atoms with E-state index in [4.69, 9.17) is 4.74 Å². The number of nitrogens with one attached hydrogen (secondary N) is 1. The van der Waals surface area contributed by atoms with E-state index in [-0.39, 0.29) is 5.56 Å². The fourth-order valence-corrected chi connectivity index (χ4v) is 3.65. The quantitative estimate of drug-likeness (QED) is 0.580. The third kappa shape index (κ3) is 4.70. The second kappa shape index (κ2) is 8.42. The summed E-state index contributed by atoms with van der Waals surface area (Å²) in [5.74, 6) is -0.0399. The predicted molar refractivity (Wildman–Crippen MR) is 105 cm³/mol. The van der Waals surface area contributed by atoms with E-state index in [0.717, 1.165) is 10.6 Å². The van der Waals surface area contributed by atoms with Gasteiger partial charge in [-0.25, -0.2) is 18.3 Å². The highest BCUT2D eigenvalue weighted by atomic mass is 32.1. The molecule has 0 saturated carbocycles. The van der Waals surface area contributed by atoms with Crippen LogP contribution in [0.5, 0.6) is 5.75 Å². The van der Waals surface area contributed by atoms with E-state index in [0.29, 0.717) is 23.6 Å². The number of aliphatic hydroxyl groups is 1. The Morgan fingerprint density at radius 1 is 1.41 bits per heavy atom. The number of pyridine rings is 1. The molecular formula is C19H22F2N4O3S. The number of thiazole rings is 1. The van der Waals surface area contributed by atoms with Gasteiger partial charge in [-0.05, 0) is 26.8 Å². The number of carbonyl (C=O) groups excluding carboxylic acids is 1. The number of amides is 1. The van der Waals surface area contributed by atoms with Crippen molar-refractivity contribution in [3.05, 3.63) is 45.7 Å². The second-order valence-corrected chi connectivity index (χ2v) is 8.01. The molecule has 2 N–H and O–H groups in total. The molecule has 7 nitrogen and oxygen atoms in total. The van der Waals surface area contributed by atoms with Gasteiger partial charge in [0.15, 0.2) is 0 Å². The summed E-state index contributed by atoms with van der Waals surface area (Å²) >= 11 is 1.50. The van der Waals surface area contributed by atoms with E-state index >= 15 is 0 Å². The van der Waals surface area contributed by atoms with Crippen molar-refractivity contribution in [1.82, 2.24) is 19.9 Å². The number of aromatic nitrogens is 3. The Hall–Kier alpha value is -2.59. The molecule has 0 fully saturated rings. The van der Waals surface area contributed by atoms with Crippen LogP contribution in [-0.4, -0.2) is 44.2 Å². The van der Waals surface area contributed by atoms with Crippen molar-refractivity contribution < 1.29 is 23.4 Å². The third-order valence-corrected chi connectivity index (χ3v) is 5.50. The number of hydrogen-bond donors (Lipinski definition) is 2. The fraction of sp³-hybridized carbons (Fsp3) is 0.421. The molecular weight excluding hydrogens is 402 g/mol. The van der Waals surface area contributed by atoms with Crippen LogP contribution in [0.15, 0.2) is 23.8 Å². The summed E-state index contributed by atoms with van der Waals surface area (Å²) < 4.78 is 33.0. The molecule has 29 heavy (non-hydrogen) atoms. The predicted octanol–water partition coefficient (Wildman–Crippen LogP) is 3.12. The van der Waals surface area contributed by atoms with Gasteiger partial charge in [0.25, 0.3) is 5.91 Å². The largest absolute Gasteiger partial charge is 0.488 e. The Bertz CT molecular complexity index is 1020. The van der Waals surface area contributed by atoms with Crippen LogP contribution < -0.4 is 10.1 Å². The molecule has 3 aromatic rings. The molecule has 3 aromatic heterocycles. The summed E-state index contributed by atoms with van der Waals surface area (Å²) in [7, 11) is 0. The maximum Gasteiger partial charge on any atom is 0.255 e. The molecule has 0 bridgehead atoms. The van der Waals surface area contributed by atoms with Gasteiger partial charge in [0.05, 0.1) is 45.0 Å². The van der Waals surface area contributed by atoms with Crippen LogP contribution in [0.1, 0.15) is 40.0 Å². The smallest absolute Gasteiger partial charge is 0.255 e. The normalized spacial score (nSPS) is 13.6. The van der Waals surface area contributed by atoms with Gasteiger partial charge in [-0.15, -0.1) is 11.3 Å². The number of rotatable bonds is 8. The Labute approximate surface area is 170 Å². The van der Waals surface area contributed by atoms with Gasteiger partial charge in [0.1, 0.15) is 12.4 Å². The second-order valence-electron chi connectivity index (χ2n) is 7.07. The number of nitrogens with zero attached hydrogens (tertiary/aromatic N) is 3. The molecule has 1 unspecified atom stereocenters. The maximum absolute atomic E-state index is 12.8. The van der Waals surface area contributed by atoms with Crippen LogP contribution >= 0.6 is 11.3 Å². The van der Waals surface area contributed by atoms with Crippen molar-refractivity contribution in [2.45, 2.75) is 45.8 Å². The van der Waals surface area contributed by atoms with Gasteiger partial charge < -0.3 is 15.2 Å². The van der Waals surface area contributed by atoms with Crippen LogP contribution in [0.3, 0.4) is 0 Å². The molecule has 3 heterocycles. The number of ether oxygens (including phenoxy) is 1. The molecule has 0 saturated heterocycles. The van der Waals surface area contributed by atoms with Gasteiger partial charge in [-0.2, -0.15) is 5.10 Å². The summed E-state index contributed by atoms with van der Waals surface area (Å²) in [4.78, 5) is 18.0. The lowest BCUT2D eigenvalue weighted by molar-refractivity contribution is 0.0586. The number of aryl methyl sites for hydroxylation is 2. The molecule has 3 rings (SSSR count). The number of aliphatic hydroxyl groups excluding tert-OH is 1. The lowest BCUT2D eigenvalue weighted by Crippen LogP contribution is -2.50. The molecule has 156 valence electrons. The molecule has 0 radical (unpaired) electrons. The van der Waals surface area contributed by atoms with Gasteiger partial charge in [-0.3, -0.25) is 4.79 Å². The van der Waals surface area contributed by atoms with E-state index in [1.807, 2.05) is 6.92 Å². The van der Waals surface area contributed by atoms with Crippen molar-refractivity contribution in [3.63, 3.8) is 0 Å². The summed E-state index contributed by atoms with van der Waals surface area (Å²) in [6, 6.07) is 3.40. The van der Waals surface area contributed by atoms with E-state index in [2.05, 4.69) is 15.4 Å². The minimum Gasteiger partial charge on any atom is -0.488 e. The van der Waals surface area contributed by atoms with Crippen LogP contribution in [0.2, 0.25) is 0 Å². The van der Waals surface area contributed by atoms with Crippen LogP contribution in [0.25, 0.3) is 5.52 Å². The van der Waals surface area contributed by atoms with Crippen LogP contribution in [-0.2, 0) is 6.61 Å². The summed E-state index contributed by atoms with van der Waals surface area (Å²) in [6.07, 6.45) is -1.65. The summed E-state index contributed by atoms with van der Waals surface area (Å²) in [6.45, 7) is 4.68. The average Bonchev–Trinajstić information content (AvgIpc) is 3.20. The minimum absolute atomic E-state index is 0.248. The highest BCUT2D eigenvalue weighted by molar-refractivity contribution is 7.09. The third-order valence-electron chi connectivity index (χ3n) is 4.59. The van der Waals surface area contributed by atoms with E-state index in [9.17, 15) is 18.7 Å². The topological polar surface area (TPSA) is 88.8 Å². The van der Waals surface area contributed by atoms with Crippen LogP contribution in [0, 0.1) is 13.8 Å². The Morgan fingerprint density at radius 3 is 2.79 bits per heavy atom. The van der Waals surface area contributed by atoms with E-state index < -0.39 is 30.9 Å². The molecule has 10 heteroatoms. The molecule has 0 spiro atoms. The lowest BCUT2D eigenvalue weighted by atomic mass is 9.98. The molecule has 0 aliphatic heterocycles. The van der Waals surface area contributed by atoms with Crippen molar-refractivity contribution in [1.29, 1.82) is 0 Å².